The number of nitrogens with zero attached hydrogens (tertiary/aromatic N) is 1. The van der Waals surface area contributed by atoms with Gasteiger partial charge in [0.2, 0.25) is 0 Å². The van der Waals surface area contributed by atoms with Crippen molar-refractivity contribution in [3.05, 3.63) is 47.3 Å². The summed E-state index contributed by atoms with van der Waals surface area (Å²) < 4.78 is 5.18. The lowest BCUT2D eigenvalue weighted by molar-refractivity contribution is 0.101. The van der Waals surface area contributed by atoms with E-state index in [0.29, 0.717) is 11.6 Å². The average molecular weight is 272 g/mol. The molecule has 0 aliphatic heterocycles. The van der Waals surface area contributed by atoms with Crippen molar-refractivity contribution >= 4 is 11.6 Å². The number of hydrogen-bond acceptors (Lipinski definition) is 3. The van der Waals surface area contributed by atoms with E-state index in [9.17, 15) is 4.79 Å². The maximum atomic E-state index is 12.1. The highest BCUT2D eigenvalue weighted by Crippen LogP contribution is 2.17. The van der Waals surface area contributed by atoms with Crippen molar-refractivity contribution in [3.63, 3.8) is 0 Å². The number of carbonyl (C=O) groups excluding carboxylic acids is 1. The summed E-state index contributed by atoms with van der Waals surface area (Å²) in [5.41, 5.74) is 2.26. The second-order valence-electron chi connectivity index (χ2n) is 5.24. The van der Waals surface area contributed by atoms with Crippen LogP contribution < -0.4 is 5.32 Å². The monoisotopic (exact) mass is 272 g/mol. The van der Waals surface area contributed by atoms with Gasteiger partial charge in [0.05, 0.1) is 0 Å². The molecule has 106 valence electrons. The van der Waals surface area contributed by atoms with Crippen LogP contribution in [0.4, 0.5) is 5.69 Å². The van der Waals surface area contributed by atoms with E-state index in [-0.39, 0.29) is 5.91 Å². The Balaban J connectivity index is 2.10. The van der Waals surface area contributed by atoms with Gasteiger partial charge in [-0.1, -0.05) is 44.1 Å². The Kier molecular flexibility index (Phi) is 4.56. The zero-order valence-electron chi connectivity index (χ0n) is 12.1. The first-order valence-electron chi connectivity index (χ1n) is 6.95. The topological polar surface area (TPSA) is 55.1 Å². The van der Waals surface area contributed by atoms with E-state index in [1.807, 2.05) is 24.3 Å². The van der Waals surface area contributed by atoms with Crippen molar-refractivity contribution in [1.29, 1.82) is 0 Å². The number of benzene rings is 1. The lowest BCUT2D eigenvalue weighted by Crippen LogP contribution is -2.13. The van der Waals surface area contributed by atoms with E-state index in [0.717, 1.165) is 29.9 Å². The highest BCUT2D eigenvalue weighted by atomic mass is 16.5. The Labute approximate surface area is 119 Å². The van der Waals surface area contributed by atoms with Gasteiger partial charge in [0, 0.05) is 18.2 Å². The molecule has 1 aromatic heterocycles. The van der Waals surface area contributed by atoms with E-state index in [1.165, 1.54) is 0 Å². The SMILES string of the molecule is CCc1ccccc1NC(=O)c1cc(CC(C)C)on1. The van der Waals surface area contributed by atoms with Gasteiger partial charge in [-0.05, 0) is 24.0 Å². The number of amides is 1. The van der Waals surface area contributed by atoms with Crippen LogP contribution >= 0.6 is 0 Å². The molecule has 20 heavy (non-hydrogen) atoms. The zero-order valence-corrected chi connectivity index (χ0v) is 12.1. The quantitative estimate of drug-likeness (QED) is 0.903. The molecule has 1 aromatic carbocycles. The molecule has 0 aliphatic carbocycles. The summed E-state index contributed by atoms with van der Waals surface area (Å²) in [5, 5.41) is 6.72. The van der Waals surface area contributed by atoms with Crippen LogP contribution in [0.3, 0.4) is 0 Å². The largest absolute Gasteiger partial charge is 0.361 e. The number of anilines is 1. The molecule has 0 spiro atoms. The summed E-state index contributed by atoms with van der Waals surface area (Å²) in [4.78, 5) is 12.1. The number of carbonyl (C=O) groups is 1. The van der Waals surface area contributed by atoms with Crippen molar-refractivity contribution in [3.8, 4) is 0 Å². The van der Waals surface area contributed by atoms with E-state index >= 15 is 0 Å². The van der Waals surface area contributed by atoms with Gasteiger partial charge in [0.1, 0.15) is 5.76 Å². The van der Waals surface area contributed by atoms with Gasteiger partial charge in [-0.2, -0.15) is 0 Å². The fourth-order valence-electron chi connectivity index (χ4n) is 2.06. The smallest absolute Gasteiger partial charge is 0.277 e. The molecular weight excluding hydrogens is 252 g/mol. The fraction of sp³-hybridized carbons (Fsp3) is 0.375. The summed E-state index contributed by atoms with van der Waals surface area (Å²) in [6, 6.07) is 9.48. The average Bonchev–Trinajstić information content (AvgIpc) is 2.87. The molecule has 2 aromatic rings. The second kappa shape index (κ2) is 6.37. The van der Waals surface area contributed by atoms with Crippen LogP contribution in [0.15, 0.2) is 34.9 Å². The molecule has 0 bridgehead atoms. The van der Waals surface area contributed by atoms with Gasteiger partial charge in [-0.25, -0.2) is 0 Å². The Morgan fingerprint density at radius 2 is 2.10 bits per heavy atom. The summed E-state index contributed by atoms with van der Waals surface area (Å²) in [5.74, 6) is 0.985. The summed E-state index contributed by atoms with van der Waals surface area (Å²) in [6.45, 7) is 6.25. The molecule has 0 fully saturated rings. The first kappa shape index (κ1) is 14.3. The van der Waals surface area contributed by atoms with E-state index in [1.54, 1.807) is 6.07 Å². The molecule has 1 N–H and O–H groups in total. The molecule has 0 atom stereocenters. The Morgan fingerprint density at radius 1 is 1.35 bits per heavy atom. The highest BCUT2D eigenvalue weighted by Gasteiger charge is 2.14. The van der Waals surface area contributed by atoms with E-state index < -0.39 is 0 Å². The third-order valence-electron chi connectivity index (χ3n) is 3.05. The molecule has 0 saturated heterocycles. The lowest BCUT2D eigenvalue weighted by atomic mass is 10.1. The number of nitrogens with one attached hydrogen (secondary N) is 1. The van der Waals surface area contributed by atoms with Crippen molar-refractivity contribution in [2.45, 2.75) is 33.6 Å². The fourth-order valence-corrected chi connectivity index (χ4v) is 2.06. The predicted molar refractivity (Wildman–Crippen MR) is 78.8 cm³/mol. The first-order chi connectivity index (χ1) is 9.60. The maximum absolute atomic E-state index is 12.1. The van der Waals surface area contributed by atoms with Crippen molar-refractivity contribution in [1.82, 2.24) is 5.16 Å². The summed E-state index contributed by atoms with van der Waals surface area (Å²) in [6.07, 6.45) is 1.65. The van der Waals surface area contributed by atoms with Crippen LogP contribution in [-0.2, 0) is 12.8 Å². The number of aryl methyl sites for hydroxylation is 1. The second-order valence-corrected chi connectivity index (χ2v) is 5.24. The molecule has 4 nitrogen and oxygen atoms in total. The molecule has 0 radical (unpaired) electrons. The van der Waals surface area contributed by atoms with Crippen molar-refractivity contribution in [2.75, 3.05) is 5.32 Å². The minimum absolute atomic E-state index is 0.232. The molecule has 1 amide bonds. The van der Waals surface area contributed by atoms with Crippen molar-refractivity contribution in [2.24, 2.45) is 5.92 Å². The molecular formula is C16H20N2O2. The highest BCUT2D eigenvalue weighted by molar-refractivity contribution is 6.03. The van der Waals surface area contributed by atoms with Crippen LogP contribution in [0.2, 0.25) is 0 Å². The van der Waals surface area contributed by atoms with E-state index in [2.05, 4.69) is 31.2 Å². The van der Waals surface area contributed by atoms with E-state index in [4.69, 9.17) is 4.52 Å². The van der Waals surface area contributed by atoms with Crippen LogP contribution in [0.5, 0.6) is 0 Å². The van der Waals surface area contributed by atoms with Gasteiger partial charge in [0.15, 0.2) is 5.69 Å². The maximum Gasteiger partial charge on any atom is 0.277 e. The normalized spacial score (nSPS) is 10.8. The molecule has 0 saturated carbocycles. The third kappa shape index (κ3) is 3.47. The molecule has 1 heterocycles. The summed E-state index contributed by atoms with van der Waals surface area (Å²) in [7, 11) is 0. The Hall–Kier alpha value is -2.10. The minimum Gasteiger partial charge on any atom is -0.361 e. The number of hydrogen-bond donors (Lipinski definition) is 1. The molecule has 4 heteroatoms. The number of aromatic nitrogens is 1. The summed E-state index contributed by atoms with van der Waals surface area (Å²) >= 11 is 0. The first-order valence-corrected chi connectivity index (χ1v) is 6.95. The van der Waals surface area contributed by atoms with Crippen LogP contribution in [0.1, 0.15) is 42.6 Å². The lowest BCUT2D eigenvalue weighted by Gasteiger charge is -2.07. The Bertz CT molecular complexity index is 588. The molecule has 2 rings (SSSR count). The minimum atomic E-state index is -0.232. The van der Waals surface area contributed by atoms with Crippen LogP contribution in [0.25, 0.3) is 0 Å². The predicted octanol–water partition coefficient (Wildman–Crippen LogP) is 3.69. The number of para-hydroxylation sites is 1. The van der Waals surface area contributed by atoms with Gasteiger partial charge < -0.3 is 9.84 Å². The van der Waals surface area contributed by atoms with Gasteiger partial charge >= 0.3 is 0 Å². The Morgan fingerprint density at radius 3 is 2.80 bits per heavy atom. The molecule has 0 aliphatic rings. The zero-order chi connectivity index (χ0) is 14.5. The standard InChI is InChI=1S/C16H20N2O2/c1-4-12-7-5-6-8-14(12)17-16(19)15-10-13(20-18-15)9-11(2)3/h5-8,10-11H,4,9H2,1-3H3,(H,17,19). The third-order valence-corrected chi connectivity index (χ3v) is 3.05. The molecule has 0 unspecified atom stereocenters. The number of rotatable bonds is 5. The van der Waals surface area contributed by atoms with Gasteiger partial charge in [0.25, 0.3) is 5.91 Å². The van der Waals surface area contributed by atoms with Crippen LogP contribution in [-0.4, -0.2) is 11.1 Å². The van der Waals surface area contributed by atoms with Gasteiger partial charge in [-0.3, -0.25) is 4.79 Å². The van der Waals surface area contributed by atoms with Gasteiger partial charge in [-0.15, -0.1) is 0 Å². The van der Waals surface area contributed by atoms with Crippen molar-refractivity contribution < 1.29 is 9.32 Å². The van der Waals surface area contributed by atoms with Crippen LogP contribution in [0, 0.1) is 5.92 Å².